The van der Waals surface area contributed by atoms with E-state index in [4.69, 9.17) is 19.1 Å². The number of pyridine rings is 2. The SMILES string of the molecule is [Pt+2].[c-]1cc2c(cc1-c1cccc(Oc3cccc(-c4[c-]cc5c(c4)sc4ccccc45)n3)n1)oc1ccccc12. The zero-order valence-corrected chi connectivity index (χ0v) is 23.9. The summed E-state index contributed by atoms with van der Waals surface area (Å²) in [5.74, 6) is 0.929. The molecule has 0 unspecified atom stereocenters. The van der Waals surface area contributed by atoms with Gasteiger partial charge in [-0.15, -0.1) is 41.5 Å². The normalized spacial score (nSPS) is 11.3. The summed E-state index contributed by atoms with van der Waals surface area (Å²) in [6.45, 7) is 0. The van der Waals surface area contributed by atoms with Crippen LogP contribution in [0.5, 0.6) is 11.8 Å². The summed E-state index contributed by atoms with van der Waals surface area (Å²) in [7, 11) is 0. The molecule has 0 radical (unpaired) electrons. The van der Waals surface area contributed by atoms with E-state index in [1.54, 1.807) is 11.3 Å². The van der Waals surface area contributed by atoms with E-state index in [1.165, 1.54) is 20.2 Å². The van der Waals surface area contributed by atoms with Crippen LogP contribution in [-0.2, 0) is 21.1 Å². The van der Waals surface area contributed by atoms with Crippen LogP contribution < -0.4 is 4.74 Å². The topological polar surface area (TPSA) is 48.2 Å². The van der Waals surface area contributed by atoms with Crippen molar-refractivity contribution in [3.8, 4) is 34.3 Å². The van der Waals surface area contributed by atoms with Crippen molar-refractivity contribution in [2.24, 2.45) is 0 Å². The standard InChI is InChI=1S/C34H18N2O2S.Pt/c1-3-11-29-23(7-1)24-17-15-21(19-30(24)37-29)27-9-5-13-33(35-27)38-34-14-6-10-28(36-34)22-16-18-26-25-8-2-4-12-31(25)39-32(26)20-22;/h1-14,17-20H;/q-2;+2. The molecule has 40 heavy (non-hydrogen) atoms. The van der Waals surface area contributed by atoms with E-state index in [1.807, 2.05) is 66.7 Å². The van der Waals surface area contributed by atoms with Crippen molar-refractivity contribution in [2.45, 2.75) is 0 Å². The van der Waals surface area contributed by atoms with Crippen molar-refractivity contribution in [1.29, 1.82) is 0 Å². The molecule has 0 atom stereocenters. The van der Waals surface area contributed by atoms with E-state index in [0.29, 0.717) is 11.8 Å². The molecular weight excluding hydrogens is 696 g/mol. The molecule has 4 heterocycles. The van der Waals surface area contributed by atoms with Crippen molar-refractivity contribution >= 4 is 53.4 Å². The minimum atomic E-state index is 0. The molecule has 0 saturated heterocycles. The van der Waals surface area contributed by atoms with Gasteiger partial charge in [-0.25, -0.2) is 0 Å². The van der Waals surface area contributed by atoms with Gasteiger partial charge in [0.15, 0.2) is 0 Å². The molecule has 6 heteroatoms. The van der Waals surface area contributed by atoms with Crippen molar-refractivity contribution in [3.05, 3.63) is 121 Å². The second-order valence-electron chi connectivity index (χ2n) is 9.27. The molecule has 0 spiro atoms. The van der Waals surface area contributed by atoms with Crippen LogP contribution in [0.15, 0.2) is 114 Å². The van der Waals surface area contributed by atoms with Gasteiger partial charge in [-0.1, -0.05) is 77.5 Å². The minimum Gasteiger partial charge on any atom is -0.476 e. The number of furan rings is 1. The number of hydrogen-bond donors (Lipinski definition) is 0. The molecule has 0 saturated carbocycles. The smallest absolute Gasteiger partial charge is 0.476 e. The first-order valence-electron chi connectivity index (χ1n) is 12.6. The van der Waals surface area contributed by atoms with Gasteiger partial charge in [0.2, 0.25) is 11.8 Å². The Kier molecular flexibility index (Phi) is 6.19. The molecule has 8 rings (SSSR count). The molecule has 0 aliphatic rings. The van der Waals surface area contributed by atoms with Crippen molar-refractivity contribution in [2.75, 3.05) is 0 Å². The van der Waals surface area contributed by atoms with E-state index in [-0.39, 0.29) is 21.1 Å². The van der Waals surface area contributed by atoms with Crippen molar-refractivity contribution < 1.29 is 30.2 Å². The number of fused-ring (bicyclic) bond motifs is 6. The van der Waals surface area contributed by atoms with Gasteiger partial charge in [-0.05, 0) is 51.1 Å². The van der Waals surface area contributed by atoms with Gasteiger partial charge in [0.05, 0.1) is 5.58 Å². The van der Waals surface area contributed by atoms with Gasteiger partial charge in [-0.3, -0.25) is 9.97 Å². The first kappa shape index (κ1) is 24.7. The number of nitrogens with zero attached hydrogens (tertiary/aromatic N) is 2. The Bertz CT molecular complexity index is 2030. The number of hydrogen-bond acceptors (Lipinski definition) is 5. The second kappa shape index (κ2) is 10.0. The number of aromatic nitrogens is 2. The molecule has 0 bridgehead atoms. The Morgan fingerprint density at radius 3 is 2.00 bits per heavy atom. The van der Waals surface area contributed by atoms with Crippen LogP contribution in [0, 0.1) is 12.1 Å². The molecule has 192 valence electrons. The molecule has 8 aromatic rings. The minimum absolute atomic E-state index is 0. The van der Waals surface area contributed by atoms with Crippen LogP contribution in [0.2, 0.25) is 0 Å². The molecule has 4 nitrogen and oxygen atoms in total. The number of benzene rings is 4. The van der Waals surface area contributed by atoms with Crippen LogP contribution in [0.3, 0.4) is 0 Å². The van der Waals surface area contributed by atoms with Crippen LogP contribution in [-0.4, -0.2) is 9.97 Å². The molecule has 0 N–H and O–H groups in total. The van der Waals surface area contributed by atoms with E-state index >= 15 is 0 Å². The summed E-state index contributed by atoms with van der Waals surface area (Å²) in [4.78, 5) is 9.48. The summed E-state index contributed by atoms with van der Waals surface area (Å²) >= 11 is 1.78. The molecular formula is C34H18N2O2PtS. The number of para-hydroxylation sites is 1. The summed E-state index contributed by atoms with van der Waals surface area (Å²) in [5, 5.41) is 4.59. The molecule has 0 amide bonds. The maximum Gasteiger partial charge on any atom is 2.00 e. The zero-order chi connectivity index (χ0) is 25.8. The van der Waals surface area contributed by atoms with Gasteiger partial charge >= 0.3 is 21.1 Å². The Hall–Kier alpha value is -4.31. The molecule has 4 aromatic carbocycles. The van der Waals surface area contributed by atoms with Crippen LogP contribution in [0.1, 0.15) is 0 Å². The number of rotatable bonds is 4. The predicted octanol–water partition coefficient (Wildman–Crippen LogP) is 9.47. The predicted molar refractivity (Wildman–Crippen MR) is 157 cm³/mol. The summed E-state index contributed by atoms with van der Waals surface area (Å²) < 4.78 is 14.6. The van der Waals surface area contributed by atoms with Crippen LogP contribution >= 0.6 is 11.3 Å². The van der Waals surface area contributed by atoms with Crippen LogP contribution in [0.25, 0.3) is 64.6 Å². The van der Waals surface area contributed by atoms with Gasteiger partial charge in [0, 0.05) is 4.70 Å². The monoisotopic (exact) mass is 713 g/mol. The average molecular weight is 714 g/mol. The third-order valence-electron chi connectivity index (χ3n) is 6.83. The largest absolute Gasteiger partial charge is 2.00 e. The van der Waals surface area contributed by atoms with Gasteiger partial charge < -0.3 is 9.15 Å². The van der Waals surface area contributed by atoms with Crippen LogP contribution in [0.4, 0.5) is 0 Å². The van der Waals surface area contributed by atoms with Crippen molar-refractivity contribution in [1.82, 2.24) is 9.97 Å². The maximum atomic E-state index is 6.10. The summed E-state index contributed by atoms with van der Waals surface area (Å²) in [5.41, 5.74) is 4.97. The fourth-order valence-electron chi connectivity index (χ4n) is 4.97. The van der Waals surface area contributed by atoms with E-state index in [2.05, 4.69) is 54.6 Å². The summed E-state index contributed by atoms with van der Waals surface area (Å²) in [6.07, 6.45) is 0. The third-order valence-corrected chi connectivity index (χ3v) is 7.96. The van der Waals surface area contributed by atoms with E-state index in [0.717, 1.165) is 44.5 Å². The van der Waals surface area contributed by atoms with E-state index in [9.17, 15) is 0 Å². The maximum absolute atomic E-state index is 6.10. The van der Waals surface area contributed by atoms with Crippen molar-refractivity contribution in [3.63, 3.8) is 0 Å². The average Bonchev–Trinajstić information content (AvgIpc) is 3.55. The zero-order valence-electron chi connectivity index (χ0n) is 20.8. The van der Waals surface area contributed by atoms with Gasteiger partial charge in [0.1, 0.15) is 5.58 Å². The first-order chi connectivity index (χ1) is 19.3. The quantitative estimate of drug-likeness (QED) is 0.171. The molecule has 0 aliphatic carbocycles. The molecule has 4 aromatic heterocycles. The third kappa shape index (κ3) is 4.28. The van der Waals surface area contributed by atoms with E-state index < -0.39 is 0 Å². The Morgan fingerprint density at radius 1 is 0.575 bits per heavy atom. The second-order valence-corrected chi connectivity index (χ2v) is 10.4. The van der Waals surface area contributed by atoms with Gasteiger partial charge in [0.25, 0.3) is 0 Å². The molecule has 0 fully saturated rings. The van der Waals surface area contributed by atoms with Gasteiger partial charge in [-0.2, -0.15) is 11.3 Å². The number of thiophene rings is 1. The fourth-order valence-corrected chi connectivity index (χ4v) is 6.10. The first-order valence-corrected chi connectivity index (χ1v) is 13.4. The Morgan fingerprint density at radius 2 is 1.23 bits per heavy atom. The molecule has 0 aliphatic heterocycles. The number of ether oxygens (including phenoxy) is 1. The summed E-state index contributed by atoms with van der Waals surface area (Å²) in [6, 6.07) is 42.8. The Balaban J connectivity index is 0.00000264. The fraction of sp³-hybridized carbons (Fsp3) is 0. The Labute approximate surface area is 248 Å².